The maximum Gasteiger partial charge on any atom is 0.235 e. The lowest BCUT2D eigenvalue weighted by atomic mass is 10.0. The summed E-state index contributed by atoms with van der Waals surface area (Å²) in [6, 6.07) is 8.76. The minimum absolute atomic E-state index is 0.254. The second-order valence-corrected chi connectivity index (χ2v) is 6.10. The monoisotopic (exact) mass is 273 g/mol. The molecule has 0 saturated carbocycles. The van der Waals surface area contributed by atoms with E-state index in [1.54, 1.807) is 0 Å². The molecule has 1 aromatic heterocycles. The summed E-state index contributed by atoms with van der Waals surface area (Å²) < 4.78 is 5.50. The van der Waals surface area contributed by atoms with Crippen LogP contribution in [0.2, 0.25) is 0 Å². The zero-order valence-electron chi connectivity index (χ0n) is 10.5. The van der Waals surface area contributed by atoms with Crippen molar-refractivity contribution in [2.24, 2.45) is 0 Å². The summed E-state index contributed by atoms with van der Waals surface area (Å²) in [6.07, 6.45) is 2.30. The van der Waals surface area contributed by atoms with Crippen molar-refractivity contribution in [3.05, 3.63) is 41.5 Å². The van der Waals surface area contributed by atoms with Crippen molar-refractivity contribution in [1.82, 2.24) is 15.5 Å². The van der Waals surface area contributed by atoms with Crippen LogP contribution in [0.5, 0.6) is 0 Å². The van der Waals surface area contributed by atoms with E-state index < -0.39 is 0 Å². The minimum Gasteiger partial charge on any atom is -0.339 e. The number of fused-ring (bicyclic) bond motifs is 1. The molecule has 98 valence electrons. The van der Waals surface area contributed by atoms with Crippen LogP contribution in [0.4, 0.5) is 0 Å². The van der Waals surface area contributed by atoms with Gasteiger partial charge in [0.2, 0.25) is 5.89 Å². The highest BCUT2D eigenvalue weighted by Gasteiger charge is 2.30. The first-order chi connectivity index (χ1) is 9.42. The number of hydrogen-bond donors (Lipinski definition) is 1. The molecule has 19 heavy (non-hydrogen) atoms. The molecule has 1 N–H and O–H groups in total. The van der Waals surface area contributed by atoms with Crippen LogP contribution >= 0.6 is 11.8 Å². The Hall–Kier alpha value is -1.33. The second kappa shape index (κ2) is 4.65. The molecule has 0 radical (unpaired) electrons. The normalized spacial score (nSPS) is 25.7. The maximum atomic E-state index is 5.50. The van der Waals surface area contributed by atoms with E-state index in [1.807, 2.05) is 11.8 Å². The van der Waals surface area contributed by atoms with Crippen LogP contribution in [0.15, 0.2) is 33.7 Å². The van der Waals surface area contributed by atoms with Gasteiger partial charge in [0.05, 0.1) is 12.0 Å². The molecule has 1 fully saturated rings. The molecule has 0 aliphatic carbocycles. The number of nitrogens with zero attached hydrogens (tertiary/aromatic N) is 2. The van der Waals surface area contributed by atoms with Gasteiger partial charge in [0, 0.05) is 10.6 Å². The lowest BCUT2D eigenvalue weighted by molar-refractivity contribution is 0.362. The first-order valence-corrected chi connectivity index (χ1v) is 7.69. The molecular weight excluding hydrogens is 258 g/mol. The average Bonchev–Trinajstić information content (AvgIpc) is 3.18. The smallest absolute Gasteiger partial charge is 0.235 e. The molecule has 4 nitrogen and oxygen atoms in total. The van der Waals surface area contributed by atoms with Crippen LogP contribution in [0, 0.1) is 0 Å². The number of benzene rings is 1. The highest BCUT2D eigenvalue weighted by Crippen LogP contribution is 2.42. The van der Waals surface area contributed by atoms with Crippen molar-refractivity contribution in [3.63, 3.8) is 0 Å². The lowest BCUT2D eigenvalue weighted by Gasteiger charge is -2.04. The van der Waals surface area contributed by atoms with Crippen LogP contribution in [0.3, 0.4) is 0 Å². The Labute approximate surface area is 116 Å². The molecule has 2 aliphatic rings. The highest BCUT2D eigenvalue weighted by atomic mass is 32.2. The van der Waals surface area contributed by atoms with Crippen LogP contribution in [0.25, 0.3) is 0 Å². The SMILES string of the molecule is c1ccc2c(c1)SCC2c1nc(C2CCCN2)no1. The van der Waals surface area contributed by atoms with Gasteiger partial charge in [-0.25, -0.2) is 0 Å². The summed E-state index contributed by atoms with van der Waals surface area (Å²) in [4.78, 5) is 5.96. The van der Waals surface area contributed by atoms with Crippen molar-refractivity contribution in [1.29, 1.82) is 0 Å². The molecule has 0 spiro atoms. The predicted molar refractivity (Wildman–Crippen MR) is 73.3 cm³/mol. The van der Waals surface area contributed by atoms with Crippen LogP contribution in [-0.4, -0.2) is 22.4 Å². The first kappa shape index (κ1) is 11.5. The van der Waals surface area contributed by atoms with E-state index in [9.17, 15) is 0 Å². The minimum atomic E-state index is 0.254. The highest BCUT2D eigenvalue weighted by molar-refractivity contribution is 7.99. The molecule has 4 rings (SSSR count). The predicted octanol–water partition coefficient (Wildman–Crippen LogP) is 2.73. The Morgan fingerprint density at radius 3 is 3.16 bits per heavy atom. The van der Waals surface area contributed by atoms with Crippen LogP contribution in [0.1, 0.15) is 42.1 Å². The van der Waals surface area contributed by atoms with E-state index in [4.69, 9.17) is 4.52 Å². The Kier molecular flexibility index (Phi) is 2.81. The van der Waals surface area contributed by atoms with Gasteiger partial charge in [-0.3, -0.25) is 0 Å². The zero-order chi connectivity index (χ0) is 12.7. The van der Waals surface area contributed by atoms with E-state index in [0.717, 1.165) is 30.4 Å². The average molecular weight is 273 g/mol. The summed E-state index contributed by atoms with van der Waals surface area (Å²) in [5.41, 5.74) is 1.32. The van der Waals surface area contributed by atoms with Crippen molar-refractivity contribution in [2.75, 3.05) is 12.3 Å². The number of nitrogens with one attached hydrogen (secondary N) is 1. The Balaban J connectivity index is 1.63. The van der Waals surface area contributed by atoms with Gasteiger partial charge < -0.3 is 9.84 Å². The van der Waals surface area contributed by atoms with Gasteiger partial charge >= 0.3 is 0 Å². The lowest BCUT2D eigenvalue weighted by Crippen LogP contribution is -2.14. The fourth-order valence-electron chi connectivity index (χ4n) is 2.80. The number of aromatic nitrogens is 2. The summed E-state index contributed by atoms with van der Waals surface area (Å²) in [5, 5.41) is 7.56. The van der Waals surface area contributed by atoms with E-state index >= 15 is 0 Å². The van der Waals surface area contributed by atoms with Gasteiger partial charge in [-0.1, -0.05) is 23.4 Å². The molecule has 5 heteroatoms. The van der Waals surface area contributed by atoms with Gasteiger partial charge in [0.1, 0.15) is 0 Å². The van der Waals surface area contributed by atoms with Gasteiger partial charge in [0.15, 0.2) is 5.82 Å². The molecule has 2 atom stereocenters. The standard InChI is InChI=1S/C14H15N3OS/c1-2-6-12-9(4-1)10(8-19-12)14-16-13(17-18-14)11-5-3-7-15-11/h1-2,4,6,10-11,15H,3,5,7-8H2. The molecule has 0 amide bonds. The summed E-state index contributed by atoms with van der Waals surface area (Å²) in [5.74, 6) is 2.84. The third-order valence-electron chi connectivity index (χ3n) is 3.83. The third kappa shape index (κ3) is 1.97. The summed E-state index contributed by atoms with van der Waals surface area (Å²) in [7, 11) is 0. The largest absolute Gasteiger partial charge is 0.339 e. The second-order valence-electron chi connectivity index (χ2n) is 5.04. The Morgan fingerprint density at radius 2 is 2.26 bits per heavy atom. The van der Waals surface area contributed by atoms with E-state index in [2.05, 4.69) is 39.7 Å². The Bertz CT molecular complexity index is 592. The topological polar surface area (TPSA) is 51.0 Å². The number of rotatable bonds is 2. The molecule has 3 heterocycles. The van der Waals surface area contributed by atoms with Crippen molar-refractivity contribution in [2.45, 2.75) is 29.7 Å². The van der Waals surface area contributed by atoms with E-state index in [0.29, 0.717) is 0 Å². The number of thioether (sulfide) groups is 1. The molecule has 1 saturated heterocycles. The van der Waals surface area contributed by atoms with Crippen molar-refractivity contribution < 1.29 is 4.52 Å². The van der Waals surface area contributed by atoms with Gasteiger partial charge in [-0.15, -0.1) is 11.8 Å². The van der Waals surface area contributed by atoms with Crippen molar-refractivity contribution in [3.8, 4) is 0 Å². The summed E-state index contributed by atoms with van der Waals surface area (Å²) in [6.45, 7) is 1.05. The molecule has 2 unspecified atom stereocenters. The Morgan fingerprint density at radius 1 is 1.32 bits per heavy atom. The van der Waals surface area contributed by atoms with Crippen molar-refractivity contribution >= 4 is 11.8 Å². The quantitative estimate of drug-likeness (QED) is 0.911. The summed E-state index contributed by atoms with van der Waals surface area (Å²) >= 11 is 1.87. The zero-order valence-corrected chi connectivity index (χ0v) is 11.3. The number of hydrogen-bond acceptors (Lipinski definition) is 5. The molecule has 2 aromatic rings. The third-order valence-corrected chi connectivity index (χ3v) is 5.01. The first-order valence-electron chi connectivity index (χ1n) is 6.70. The maximum absolute atomic E-state index is 5.50. The van der Waals surface area contributed by atoms with Gasteiger partial charge in [0.25, 0.3) is 0 Å². The molecule has 1 aromatic carbocycles. The molecule has 2 aliphatic heterocycles. The fourth-order valence-corrected chi connectivity index (χ4v) is 4.02. The molecular formula is C14H15N3OS. The van der Waals surface area contributed by atoms with Crippen LogP contribution < -0.4 is 5.32 Å². The van der Waals surface area contributed by atoms with Gasteiger partial charge in [-0.05, 0) is 31.0 Å². The molecule has 0 bridgehead atoms. The van der Waals surface area contributed by atoms with E-state index in [1.165, 1.54) is 16.9 Å². The van der Waals surface area contributed by atoms with Gasteiger partial charge in [-0.2, -0.15) is 4.98 Å². The van der Waals surface area contributed by atoms with Crippen LogP contribution in [-0.2, 0) is 0 Å². The fraction of sp³-hybridized carbons (Fsp3) is 0.429. The van der Waals surface area contributed by atoms with E-state index in [-0.39, 0.29) is 12.0 Å².